The Bertz CT molecular complexity index is 961. The van der Waals surface area contributed by atoms with Gasteiger partial charge in [-0.15, -0.1) is 0 Å². The van der Waals surface area contributed by atoms with Crippen LogP contribution in [-0.2, 0) is 6.42 Å². The summed E-state index contributed by atoms with van der Waals surface area (Å²) in [7, 11) is 0. The highest BCUT2D eigenvalue weighted by molar-refractivity contribution is 5.80. The van der Waals surface area contributed by atoms with E-state index in [1.54, 1.807) is 6.26 Å². The molecule has 0 amide bonds. The van der Waals surface area contributed by atoms with Gasteiger partial charge in [0.1, 0.15) is 11.6 Å². The molecular formula is C26H33N5O. The van der Waals surface area contributed by atoms with Crippen molar-refractivity contribution in [3.63, 3.8) is 0 Å². The Balaban J connectivity index is 1.36. The third-order valence-corrected chi connectivity index (χ3v) is 5.92. The summed E-state index contributed by atoms with van der Waals surface area (Å²) in [6, 6.07) is 19.2. The number of rotatable bonds is 7. The lowest BCUT2D eigenvalue weighted by atomic mass is 10.0. The molecule has 32 heavy (non-hydrogen) atoms. The molecule has 3 aromatic rings. The molecular weight excluding hydrogens is 398 g/mol. The molecule has 1 fully saturated rings. The van der Waals surface area contributed by atoms with E-state index in [0.717, 1.165) is 49.9 Å². The minimum atomic E-state index is 0.169. The third kappa shape index (κ3) is 6.13. The third-order valence-electron chi connectivity index (χ3n) is 5.92. The highest BCUT2D eigenvalue weighted by atomic mass is 16.3. The highest BCUT2D eigenvalue weighted by Crippen LogP contribution is 2.18. The monoisotopic (exact) mass is 431 g/mol. The number of guanidine groups is 1. The molecule has 1 aliphatic heterocycles. The van der Waals surface area contributed by atoms with Gasteiger partial charge < -0.3 is 20.0 Å². The number of pyridine rings is 1. The first kappa shape index (κ1) is 21.9. The molecule has 3 heterocycles. The van der Waals surface area contributed by atoms with Gasteiger partial charge in [0, 0.05) is 38.3 Å². The number of aliphatic imine (C=N–C) groups is 1. The fourth-order valence-electron chi connectivity index (χ4n) is 3.99. The van der Waals surface area contributed by atoms with Gasteiger partial charge in [0.05, 0.1) is 12.3 Å². The minimum absolute atomic E-state index is 0.169. The van der Waals surface area contributed by atoms with Gasteiger partial charge in [-0.2, -0.15) is 0 Å². The van der Waals surface area contributed by atoms with Crippen LogP contribution in [0.5, 0.6) is 0 Å². The molecule has 0 aliphatic carbocycles. The van der Waals surface area contributed by atoms with Gasteiger partial charge >= 0.3 is 0 Å². The number of piperidine rings is 1. The van der Waals surface area contributed by atoms with Gasteiger partial charge in [0.2, 0.25) is 0 Å². The summed E-state index contributed by atoms with van der Waals surface area (Å²) in [6.45, 7) is 6.90. The number of hydrogen-bond donors (Lipinski definition) is 2. The maximum absolute atomic E-state index is 5.46. The molecule has 1 aromatic carbocycles. The van der Waals surface area contributed by atoms with Gasteiger partial charge in [-0.05, 0) is 56.0 Å². The Morgan fingerprint density at radius 2 is 1.94 bits per heavy atom. The molecule has 6 nitrogen and oxygen atoms in total. The van der Waals surface area contributed by atoms with Crippen molar-refractivity contribution in [2.24, 2.45) is 4.99 Å². The van der Waals surface area contributed by atoms with Crippen molar-refractivity contribution in [2.45, 2.75) is 45.2 Å². The van der Waals surface area contributed by atoms with E-state index < -0.39 is 0 Å². The summed E-state index contributed by atoms with van der Waals surface area (Å²) in [5.74, 6) is 2.89. The molecule has 0 bridgehead atoms. The SMILES string of the molecule is Cc1ccc(N2CCC(NC(=NCCc3ccco3)NC(C)c3ccccc3)CC2)nc1. The van der Waals surface area contributed by atoms with Crippen LogP contribution in [-0.4, -0.2) is 36.6 Å². The molecule has 168 valence electrons. The first-order valence-corrected chi connectivity index (χ1v) is 11.5. The average molecular weight is 432 g/mol. The van der Waals surface area contributed by atoms with Crippen molar-refractivity contribution >= 4 is 11.8 Å². The predicted molar refractivity (Wildman–Crippen MR) is 130 cm³/mol. The first-order chi connectivity index (χ1) is 15.7. The second-order valence-electron chi connectivity index (χ2n) is 8.44. The van der Waals surface area contributed by atoms with Crippen LogP contribution in [0.15, 0.2) is 76.5 Å². The standard InChI is InChI=1S/C26H33N5O/c1-20-10-11-25(28-19-20)31-16-13-23(14-17-31)30-26(27-15-12-24-9-6-18-32-24)29-21(2)22-7-4-3-5-8-22/h3-11,18-19,21,23H,12-17H2,1-2H3,(H2,27,29,30). The molecule has 0 radical (unpaired) electrons. The topological polar surface area (TPSA) is 65.7 Å². The zero-order valence-electron chi connectivity index (χ0n) is 19.0. The van der Waals surface area contributed by atoms with Crippen LogP contribution in [0.4, 0.5) is 5.82 Å². The minimum Gasteiger partial charge on any atom is -0.469 e. The van der Waals surface area contributed by atoms with E-state index in [4.69, 9.17) is 9.41 Å². The van der Waals surface area contributed by atoms with Crippen LogP contribution in [0.3, 0.4) is 0 Å². The van der Waals surface area contributed by atoms with E-state index in [1.807, 2.05) is 24.4 Å². The van der Waals surface area contributed by atoms with Gasteiger partial charge in [0.25, 0.3) is 0 Å². The molecule has 1 atom stereocenters. The predicted octanol–water partition coefficient (Wildman–Crippen LogP) is 4.49. The van der Waals surface area contributed by atoms with E-state index in [-0.39, 0.29) is 6.04 Å². The molecule has 2 N–H and O–H groups in total. The van der Waals surface area contributed by atoms with E-state index in [1.165, 1.54) is 11.1 Å². The van der Waals surface area contributed by atoms with Crippen LogP contribution < -0.4 is 15.5 Å². The lowest BCUT2D eigenvalue weighted by molar-refractivity contribution is 0.456. The van der Waals surface area contributed by atoms with Crippen LogP contribution in [0, 0.1) is 6.92 Å². The molecule has 1 saturated heterocycles. The summed E-state index contributed by atoms with van der Waals surface area (Å²) < 4.78 is 5.46. The average Bonchev–Trinajstić information content (AvgIpc) is 3.34. The normalized spacial score (nSPS) is 16.1. The van der Waals surface area contributed by atoms with Crippen molar-refractivity contribution in [2.75, 3.05) is 24.5 Å². The van der Waals surface area contributed by atoms with Gasteiger partial charge in [0.15, 0.2) is 5.96 Å². The summed E-state index contributed by atoms with van der Waals surface area (Å²) in [5.41, 5.74) is 2.44. The molecule has 4 rings (SSSR count). The van der Waals surface area contributed by atoms with Crippen molar-refractivity contribution in [1.82, 2.24) is 15.6 Å². The lowest BCUT2D eigenvalue weighted by Crippen LogP contribution is -2.49. The van der Waals surface area contributed by atoms with E-state index in [2.05, 4.69) is 70.8 Å². The lowest BCUT2D eigenvalue weighted by Gasteiger charge is -2.34. The zero-order chi connectivity index (χ0) is 22.2. The molecule has 1 aliphatic rings. The first-order valence-electron chi connectivity index (χ1n) is 11.5. The van der Waals surface area contributed by atoms with Crippen LogP contribution in [0.1, 0.15) is 42.7 Å². The Labute approximate surface area is 190 Å². The number of benzene rings is 1. The Morgan fingerprint density at radius 1 is 1.12 bits per heavy atom. The smallest absolute Gasteiger partial charge is 0.191 e. The second-order valence-corrected chi connectivity index (χ2v) is 8.44. The Hall–Kier alpha value is -3.28. The van der Waals surface area contributed by atoms with Crippen molar-refractivity contribution in [1.29, 1.82) is 0 Å². The number of furan rings is 1. The Kier molecular flexibility index (Phi) is 7.43. The largest absolute Gasteiger partial charge is 0.469 e. The van der Waals surface area contributed by atoms with Crippen molar-refractivity contribution in [3.8, 4) is 0 Å². The van der Waals surface area contributed by atoms with Gasteiger partial charge in [-0.3, -0.25) is 4.99 Å². The molecule has 6 heteroatoms. The second kappa shape index (κ2) is 10.8. The number of anilines is 1. The summed E-state index contributed by atoms with van der Waals surface area (Å²) in [5, 5.41) is 7.27. The van der Waals surface area contributed by atoms with E-state index >= 15 is 0 Å². The van der Waals surface area contributed by atoms with Gasteiger partial charge in [-0.25, -0.2) is 4.98 Å². The quantitative estimate of drug-likeness (QED) is 0.426. The molecule has 0 spiro atoms. The maximum atomic E-state index is 5.46. The number of nitrogens with zero attached hydrogens (tertiary/aromatic N) is 3. The number of aryl methyl sites for hydroxylation is 1. The number of nitrogens with one attached hydrogen (secondary N) is 2. The fourth-order valence-corrected chi connectivity index (χ4v) is 3.99. The van der Waals surface area contributed by atoms with Crippen LogP contribution in [0.2, 0.25) is 0 Å². The number of hydrogen-bond acceptors (Lipinski definition) is 4. The number of aromatic nitrogens is 1. The summed E-state index contributed by atoms with van der Waals surface area (Å²) >= 11 is 0. The highest BCUT2D eigenvalue weighted by Gasteiger charge is 2.21. The molecule has 1 unspecified atom stereocenters. The Morgan fingerprint density at radius 3 is 2.62 bits per heavy atom. The summed E-state index contributed by atoms with van der Waals surface area (Å²) in [6.07, 6.45) is 6.54. The maximum Gasteiger partial charge on any atom is 0.191 e. The van der Waals surface area contributed by atoms with E-state index in [9.17, 15) is 0 Å². The summed E-state index contributed by atoms with van der Waals surface area (Å²) in [4.78, 5) is 11.8. The van der Waals surface area contributed by atoms with Crippen molar-refractivity contribution < 1.29 is 4.42 Å². The zero-order valence-corrected chi connectivity index (χ0v) is 19.0. The van der Waals surface area contributed by atoms with Crippen molar-refractivity contribution in [3.05, 3.63) is 83.9 Å². The van der Waals surface area contributed by atoms with Crippen LogP contribution in [0.25, 0.3) is 0 Å². The van der Waals surface area contributed by atoms with Gasteiger partial charge in [-0.1, -0.05) is 36.4 Å². The van der Waals surface area contributed by atoms with Crippen LogP contribution >= 0.6 is 0 Å². The molecule has 0 saturated carbocycles. The fraction of sp³-hybridized carbons (Fsp3) is 0.385. The molecule has 2 aromatic heterocycles. The van der Waals surface area contributed by atoms with E-state index in [0.29, 0.717) is 12.6 Å².